The van der Waals surface area contributed by atoms with Gasteiger partial charge < -0.3 is 4.74 Å². The number of non-ortho nitro benzene ring substituents is 1. The van der Waals surface area contributed by atoms with Crippen LogP contribution in [-0.2, 0) is 6.42 Å². The van der Waals surface area contributed by atoms with Crippen LogP contribution in [0.5, 0.6) is 5.75 Å². The van der Waals surface area contributed by atoms with Gasteiger partial charge >= 0.3 is 5.69 Å². The number of nitrogens with zero attached hydrogens (tertiary/aromatic N) is 7. The number of benzene rings is 2. The maximum atomic E-state index is 11.1. The number of nitro benzene ring substituents is 2. The minimum absolute atomic E-state index is 0.0200. The zero-order valence-corrected chi connectivity index (χ0v) is 15.0. The van der Waals surface area contributed by atoms with Crippen molar-refractivity contribution in [3.8, 4) is 11.4 Å². The van der Waals surface area contributed by atoms with Gasteiger partial charge in [-0.3, -0.25) is 25.7 Å². The number of nitro groups is 2. The summed E-state index contributed by atoms with van der Waals surface area (Å²) in [6.07, 6.45) is 1.66. The lowest BCUT2D eigenvalue weighted by Crippen LogP contribution is -2.05. The molecule has 1 aromatic heterocycles. The average molecular weight is 398 g/mol. The SMILES string of the molecule is COc1ccc(-n2nnnc2CC=NNc2ccc([N+](=O)[O-])cc2[N+](=O)[O-])cc1. The average Bonchev–Trinajstić information content (AvgIpc) is 3.19. The van der Waals surface area contributed by atoms with Gasteiger partial charge in [-0.1, -0.05) is 0 Å². The monoisotopic (exact) mass is 398 g/mol. The number of aromatic nitrogens is 4. The van der Waals surface area contributed by atoms with Crippen LogP contribution in [0.1, 0.15) is 5.82 Å². The summed E-state index contributed by atoms with van der Waals surface area (Å²) in [5.74, 6) is 1.18. The number of hydrogen-bond acceptors (Lipinski definition) is 10. The first-order valence-electron chi connectivity index (χ1n) is 8.11. The van der Waals surface area contributed by atoms with Crippen LogP contribution in [0.3, 0.4) is 0 Å². The van der Waals surface area contributed by atoms with Gasteiger partial charge in [0.25, 0.3) is 5.69 Å². The zero-order valence-electron chi connectivity index (χ0n) is 15.0. The molecule has 0 spiro atoms. The van der Waals surface area contributed by atoms with Gasteiger partial charge in [0.05, 0.1) is 28.7 Å². The van der Waals surface area contributed by atoms with Crippen LogP contribution < -0.4 is 10.2 Å². The Morgan fingerprint density at radius 3 is 2.59 bits per heavy atom. The fraction of sp³-hybridized carbons (Fsp3) is 0.125. The van der Waals surface area contributed by atoms with E-state index in [-0.39, 0.29) is 17.8 Å². The van der Waals surface area contributed by atoms with Crippen LogP contribution in [0, 0.1) is 20.2 Å². The summed E-state index contributed by atoms with van der Waals surface area (Å²) in [5, 5.41) is 37.3. The molecule has 0 aliphatic heterocycles. The Morgan fingerprint density at radius 1 is 1.17 bits per heavy atom. The summed E-state index contributed by atoms with van der Waals surface area (Å²) in [5.41, 5.74) is 2.41. The molecule has 0 aliphatic carbocycles. The normalized spacial score (nSPS) is 10.8. The Morgan fingerprint density at radius 2 is 1.93 bits per heavy atom. The molecule has 0 unspecified atom stereocenters. The molecule has 0 fully saturated rings. The molecule has 29 heavy (non-hydrogen) atoms. The summed E-state index contributed by atoms with van der Waals surface area (Å²) in [6, 6.07) is 10.3. The Hall–Kier alpha value is -4.42. The molecule has 0 amide bonds. The molecule has 0 atom stereocenters. The van der Waals surface area contributed by atoms with Crippen molar-refractivity contribution < 1.29 is 14.6 Å². The Kier molecular flexibility index (Phi) is 5.68. The number of methoxy groups -OCH3 is 1. The third kappa shape index (κ3) is 4.47. The lowest BCUT2D eigenvalue weighted by Gasteiger charge is -2.04. The Labute approximate surface area is 162 Å². The van der Waals surface area contributed by atoms with Gasteiger partial charge in [0.2, 0.25) is 0 Å². The van der Waals surface area contributed by atoms with Gasteiger partial charge in [-0.2, -0.15) is 9.78 Å². The van der Waals surface area contributed by atoms with Crippen molar-refractivity contribution in [1.82, 2.24) is 20.2 Å². The van der Waals surface area contributed by atoms with Crippen molar-refractivity contribution in [3.05, 3.63) is 68.5 Å². The van der Waals surface area contributed by atoms with Crippen molar-refractivity contribution in [1.29, 1.82) is 0 Å². The highest BCUT2D eigenvalue weighted by Gasteiger charge is 2.19. The highest BCUT2D eigenvalue weighted by atomic mass is 16.6. The van der Waals surface area contributed by atoms with Crippen molar-refractivity contribution in [2.24, 2.45) is 5.10 Å². The predicted octanol–water partition coefficient (Wildman–Crippen LogP) is 2.13. The van der Waals surface area contributed by atoms with Crippen LogP contribution in [0.4, 0.5) is 17.1 Å². The molecule has 0 saturated heterocycles. The third-order valence-electron chi connectivity index (χ3n) is 3.79. The highest BCUT2D eigenvalue weighted by Crippen LogP contribution is 2.28. The predicted molar refractivity (Wildman–Crippen MR) is 101 cm³/mol. The first-order valence-corrected chi connectivity index (χ1v) is 8.11. The van der Waals surface area contributed by atoms with Crippen molar-refractivity contribution in [3.63, 3.8) is 0 Å². The zero-order chi connectivity index (χ0) is 20.8. The van der Waals surface area contributed by atoms with E-state index in [4.69, 9.17) is 4.74 Å². The Balaban J connectivity index is 1.71. The van der Waals surface area contributed by atoms with E-state index in [1.165, 1.54) is 17.0 Å². The van der Waals surface area contributed by atoms with E-state index < -0.39 is 15.5 Å². The highest BCUT2D eigenvalue weighted by molar-refractivity contribution is 5.68. The third-order valence-corrected chi connectivity index (χ3v) is 3.79. The molecular weight excluding hydrogens is 384 g/mol. The molecule has 2 aromatic carbocycles. The molecule has 1 heterocycles. The number of hydrogen-bond donors (Lipinski definition) is 1. The lowest BCUT2D eigenvalue weighted by molar-refractivity contribution is -0.393. The van der Waals surface area contributed by atoms with E-state index in [0.717, 1.165) is 17.8 Å². The van der Waals surface area contributed by atoms with Gasteiger partial charge in [0.1, 0.15) is 11.4 Å². The van der Waals surface area contributed by atoms with Crippen LogP contribution in [0.2, 0.25) is 0 Å². The number of rotatable bonds is 8. The molecule has 13 nitrogen and oxygen atoms in total. The van der Waals surface area contributed by atoms with Crippen molar-refractivity contribution >= 4 is 23.3 Å². The first-order chi connectivity index (χ1) is 14.0. The lowest BCUT2D eigenvalue weighted by atomic mass is 10.2. The van der Waals surface area contributed by atoms with E-state index in [9.17, 15) is 20.2 Å². The van der Waals surface area contributed by atoms with Crippen LogP contribution in [0.15, 0.2) is 47.6 Å². The molecule has 3 aromatic rings. The van der Waals surface area contributed by atoms with Crippen molar-refractivity contribution in [2.45, 2.75) is 6.42 Å². The van der Waals surface area contributed by atoms with Gasteiger partial charge in [-0.25, -0.2) is 0 Å². The molecule has 1 N–H and O–H groups in total. The second kappa shape index (κ2) is 8.51. The van der Waals surface area contributed by atoms with Gasteiger partial charge in [0.15, 0.2) is 5.82 Å². The summed E-state index contributed by atoms with van der Waals surface area (Å²) in [7, 11) is 1.57. The van der Waals surface area contributed by atoms with Gasteiger partial charge in [-0.05, 0) is 40.8 Å². The maximum absolute atomic E-state index is 11.1. The van der Waals surface area contributed by atoms with Gasteiger partial charge in [0, 0.05) is 18.7 Å². The molecule has 0 radical (unpaired) electrons. The first kappa shape index (κ1) is 19.3. The van der Waals surface area contributed by atoms with Crippen molar-refractivity contribution in [2.75, 3.05) is 12.5 Å². The quantitative estimate of drug-likeness (QED) is 0.340. The van der Waals surface area contributed by atoms with E-state index in [1.54, 1.807) is 31.4 Å². The second-order valence-electron chi connectivity index (χ2n) is 5.55. The smallest absolute Gasteiger partial charge is 0.301 e. The molecule has 0 aliphatic rings. The Bertz CT molecular complexity index is 1060. The number of ether oxygens (including phenoxy) is 1. The number of nitrogens with one attached hydrogen (secondary N) is 1. The van der Waals surface area contributed by atoms with E-state index in [2.05, 4.69) is 26.1 Å². The molecule has 0 saturated carbocycles. The molecule has 13 heteroatoms. The number of anilines is 1. The molecule has 0 bridgehead atoms. The molecule has 3 rings (SSSR count). The summed E-state index contributed by atoms with van der Waals surface area (Å²) in [6.45, 7) is 0. The van der Waals surface area contributed by atoms with E-state index in [1.807, 2.05) is 0 Å². The maximum Gasteiger partial charge on any atom is 0.301 e. The summed E-state index contributed by atoms with van der Waals surface area (Å²) in [4.78, 5) is 20.4. The van der Waals surface area contributed by atoms with Crippen LogP contribution in [-0.4, -0.2) is 43.4 Å². The molecule has 148 valence electrons. The largest absolute Gasteiger partial charge is 0.497 e. The standard InChI is InChI=1S/C16H14N8O5/c1-29-13-5-2-11(3-6-13)22-16(19-20-21-22)8-9-17-18-14-7-4-12(23(25)26)10-15(14)24(27)28/h2-7,9-10,18H,8H2,1H3. The summed E-state index contributed by atoms with van der Waals surface area (Å²) >= 11 is 0. The molecular formula is C16H14N8O5. The number of tetrazole rings is 1. The van der Waals surface area contributed by atoms with E-state index in [0.29, 0.717) is 11.6 Å². The van der Waals surface area contributed by atoms with E-state index >= 15 is 0 Å². The fourth-order valence-electron chi connectivity index (χ4n) is 2.38. The summed E-state index contributed by atoms with van der Waals surface area (Å²) < 4.78 is 6.62. The van der Waals surface area contributed by atoms with Crippen LogP contribution in [0.25, 0.3) is 5.69 Å². The fourth-order valence-corrected chi connectivity index (χ4v) is 2.38. The minimum atomic E-state index is -0.727. The number of hydrazone groups is 1. The second-order valence-corrected chi connectivity index (χ2v) is 5.55. The van der Waals surface area contributed by atoms with Crippen LogP contribution >= 0.6 is 0 Å². The topological polar surface area (TPSA) is 164 Å². The minimum Gasteiger partial charge on any atom is -0.497 e. The van der Waals surface area contributed by atoms with Gasteiger partial charge in [-0.15, -0.1) is 5.10 Å².